The first-order valence-electron chi connectivity index (χ1n) is 6.36. The van der Waals surface area contributed by atoms with Crippen LogP contribution >= 0.6 is 0 Å². The van der Waals surface area contributed by atoms with E-state index in [0.717, 1.165) is 12.8 Å². The summed E-state index contributed by atoms with van der Waals surface area (Å²) < 4.78 is 10.4. The van der Waals surface area contributed by atoms with Crippen LogP contribution in [0.3, 0.4) is 0 Å². The van der Waals surface area contributed by atoms with Crippen LogP contribution in [0.1, 0.15) is 26.1 Å². The second kappa shape index (κ2) is 5.73. The first-order valence-corrected chi connectivity index (χ1v) is 6.36. The van der Waals surface area contributed by atoms with Gasteiger partial charge >= 0.3 is 0 Å². The Bertz CT molecular complexity index is 549. The lowest BCUT2D eigenvalue weighted by atomic mass is 10.1. The van der Waals surface area contributed by atoms with Gasteiger partial charge in [0.05, 0.1) is 12.7 Å². The summed E-state index contributed by atoms with van der Waals surface area (Å²) in [6.07, 6.45) is 1.84. The number of benzene rings is 1. The van der Waals surface area contributed by atoms with Gasteiger partial charge in [-0.3, -0.25) is 0 Å². The molecule has 0 fully saturated rings. The van der Waals surface area contributed by atoms with Gasteiger partial charge in [0.25, 0.3) is 5.89 Å². The van der Waals surface area contributed by atoms with Crippen LogP contribution in [0.2, 0.25) is 0 Å². The van der Waals surface area contributed by atoms with E-state index in [1.807, 2.05) is 0 Å². The van der Waals surface area contributed by atoms with E-state index < -0.39 is 0 Å². The summed E-state index contributed by atoms with van der Waals surface area (Å²) in [4.78, 5) is 4.38. The Balaban J connectivity index is 2.22. The summed E-state index contributed by atoms with van der Waals surface area (Å²) in [7, 11) is 1.61. The number of hydrogen-bond donors (Lipinski definition) is 1. The number of methoxy groups -OCH3 is 1. The zero-order chi connectivity index (χ0) is 13.8. The van der Waals surface area contributed by atoms with Crippen LogP contribution in [-0.2, 0) is 6.42 Å². The molecule has 19 heavy (non-hydrogen) atoms. The fourth-order valence-electron chi connectivity index (χ4n) is 1.73. The number of nitrogen functional groups attached to an aromatic ring is 1. The third kappa shape index (κ3) is 3.24. The van der Waals surface area contributed by atoms with Crippen LogP contribution in [0, 0.1) is 5.92 Å². The lowest BCUT2D eigenvalue weighted by Crippen LogP contribution is -1.95. The van der Waals surface area contributed by atoms with E-state index in [4.69, 9.17) is 15.0 Å². The number of hydrogen-bond acceptors (Lipinski definition) is 5. The predicted octanol–water partition coefficient (Wildman–Crippen LogP) is 2.92. The van der Waals surface area contributed by atoms with E-state index in [1.54, 1.807) is 25.3 Å². The van der Waals surface area contributed by atoms with Crippen LogP contribution in [0.25, 0.3) is 11.5 Å². The van der Waals surface area contributed by atoms with Gasteiger partial charge < -0.3 is 15.0 Å². The quantitative estimate of drug-likeness (QED) is 0.838. The fraction of sp³-hybridized carbons (Fsp3) is 0.429. The van der Waals surface area contributed by atoms with Crippen LogP contribution < -0.4 is 10.5 Å². The Hall–Kier alpha value is -2.04. The Morgan fingerprint density at radius 1 is 1.37 bits per heavy atom. The maximum absolute atomic E-state index is 5.92. The second-order valence-electron chi connectivity index (χ2n) is 4.90. The molecule has 0 amide bonds. The number of nitrogens with two attached hydrogens (primary N) is 1. The molecule has 0 saturated carbocycles. The predicted molar refractivity (Wildman–Crippen MR) is 73.9 cm³/mol. The molecule has 0 aliphatic rings. The molecule has 0 aliphatic heterocycles. The fourth-order valence-corrected chi connectivity index (χ4v) is 1.73. The van der Waals surface area contributed by atoms with Gasteiger partial charge in [0.1, 0.15) is 5.75 Å². The van der Waals surface area contributed by atoms with Gasteiger partial charge in [0.15, 0.2) is 5.82 Å². The first-order chi connectivity index (χ1) is 9.10. The molecule has 0 atom stereocenters. The second-order valence-corrected chi connectivity index (χ2v) is 4.90. The van der Waals surface area contributed by atoms with Gasteiger partial charge in [0.2, 0.25) is 0 Å². The molecule has 0 saturated heterocycles. The van der Waals surface area contributed by atoms with Gasteiger partial charge in [0, 0.05) is 12.1 Å². The van der Waals surface area contributed by atoms with E-state index in [2.05, 4.69) is 24.0 Å². The molecule has 5 nitrogen and oxygen atoms in total. The lowest BCUT2D eigenvalue weighted by molar-refractivity contribution is 0.411. The molecule has 2 rings (SSSR count). The third-order valence-electron chi connectivity index (χ3n) is 2.90. The molecule has 1 aromatic carbocycles. The van der Waals surface area contributed by atoms with Gasteiger partial charge in [-0.1, -0.05) is 19.0 Å². The van der Waals surface area contributed by atoms with Crippen molar-refractivity contribution in [1.82, 2.24) is 10.1 Å². The molecule has 0 radical (unpaired) electrons. The molecule has 2 N–H and O–H groups in total. The Morgan fingerprint density at radius 3 is 2.84 bits per heavy atom. The van der Waals surface area contributed by atoms with E-state index in [0.29, 0.717) is 34.6 Å². The Labute approximate surface area is 112 Å². The number of ether oxygens (including phenoxy) is 1. The van der Waals surface area contributed by atoms with Crippen molar-refractivity contribution in [2.24, 2.45) is 5.92 Å². The van der Waals surface area contributed by atoms with Crippen molar-refractivity contribution in [2.75, 3.05) is 12.8 Å². The minimum absolute atomic E-state index is 0.440. The highest BCUT2D eigenvalue weighted by molar-refractivity contribution is 5.72. The minimum Gasteiger partial charge on any atom is -0.497 e. The Kier molecular flexibility index (Phi) is 4.04. The molecule has 0 bridgehead atoms. The summed E-state index contributed by atoms with van der Waals surface area (Å²) in [6.45, 7) is 4.34. The maximum atomic E-state index is 5.92. The summed E-state index contributed by atoms with van der Waals surface area (Å²) in [5, 5.41) is 3.98. The molecule has 5 heteroatoms. The molecular formula is C14H19N3O2. The van der Waals surface area contributed by atoms with Crippen molar-refractivity contribution >= 4 is 5.69 Å². The van der Waals surface area contributed by atoms with Crippen molar-refractivity contribution in [2.45, 2.75) is 26.7 Å². The average Bonchev–Trinajstić information content (AvgIpc) is 2.85. The van der Waals surface area contributed by atoms with E-state index in [-0.39, 0.29) is 0 Å². The number of nitrogens with zero attached hydrogens (tertiary/aromatic N) is 2. The zero-order valence-corrected chi connectivity index (χ0v) is 11.5. The van der Waals surface area contributed by atoms with Gasteiger partial charge in [-0.15, -0.1) is 0 Å². The van der Waals surface area contributed by atoms with E-state index in [9.17, 15) is 0 Å². The van der Waals surface area contributed by atoms with Crippen molar-refractivity contribution in [3.8, 4) is 17.2 Å². The van der Waals surface area contributed by atoms with Crippen molar-refractivity contribution in [1.29, 1.82) is 0 Å². The molecule has 1 aromatic heterocycles. The normalized spacial score (nSPS) is 10.9. The highest BCUT2D eigenvalue weighted by Crippen LogP contribution is 2.28. The smallest absolute Gasteiger partial charge is 0.260 e. The van der Waals surface area contributed by atoms with Gasteiger partial charge in [-0.2, -0.15) is 4.98 Å². The van der Waals surface area contributed by atoms with E-state index in [1.165, 1.54) is 0 Å². The van der Waals surface area contributed by atoms with Gasteiger partial charge in [-0.25, -0.2) is 0 Å². The molecular weight excluding hydrogens is 242 g/mol. The van der Waals surface area contributed by atoms with Crippen LogP contribution in [0.5, 0.6) is 5.75 Å². The van der Waals surface area contributed by atoms with Crippen LogP contribution in [0.4, 0.5) is 5.69 Å². The SMILES string of the molecule is COc1ccc(N)c(-c2nc(CCC(C)C)no2)c1. The molecule has 0 unspecified atom stereocenters. The molecule has 0 aliphatic carbocycles. The largest absolute Gasteiger partial charge is 0.497 e. The standard InChI is InChI=1S/C14H19N3O2/c1-9(2)4-7-13-16-14(19-17-13)11-8-10(18-3)5-6-12(11)15/h5-6,8-9H,4,7,15H2,1-3H3. The topological polar surface area (TPSA) is 74.2 Å². The first kappa shape index (κ1) is 13.4. The van der Waals surface area contributed by atoms with Crippen molar-refractivity contribution in [3.05, 3.63) is 24.0 Å². The highest BCUT2D eigenvalue weighted by atomic mass is 16.5. The van der Waals surface area contributed by atoms with E-state index >= 15 is 0 Å². The summed E-state index contributed by atoms with van der Waals surface area (Å²) in [5.41, 5.74) is 7.23. The number of rotatable bonds is 5. The molecule has 1 heterocycles. The monoisotopic (exact) mass is 261 g/mol. The lowest BCUT2D eigenvalue weighted by Gasteiger charge is -2.04. The number of anilines is 1. The molecule has 2 aromatic rings. The maximum Gasteiger partial charge on any atom is 0.260 e. The van der Waals surface area contributed by atoms with Crippen molar-refractivity contribution in [3.63, 3.8) is 0 Å². The number of aromatic nitrogens is 2. The average molecular weight is 261 g/mol. The number of aryl methyl sites for hydroxylation is 1. The highest BCUT2D eigenvalue weighted by Gasteiger charge is 2.13. The van der Waals surface area contributed by atoms with Crippen LogP contribution in [0.15, 0.2) is 22.7 Å². The zero-order valence-electron chi connectivity index (χ0n) is 11.5. The van der Waals surface area contributed by atoms with Crippen molar-refractivity contribution < 1.29 is 9.26 Å². The molecule has 0 spiro atoms. The van der Waals surface area contributed by atoms with Crippen LogP contribution in [-0.4, -0.2) is 17.3 Å². The minimum atomic E-state index is 0.440. The molecule has 102 valence electrons. The summed E-state index contributed by atoms with van der Waals surface area (Å²) >= 11 is 0. The third-order valence-corrected chi connectivity index (χ3v) is 2.90. The summed E-state index contributed by atoms with van der Waals surface area (Å²) in [6, 6.07) is 5.37. The Morgan fingerprint density at radius 2 is 2.16 bits per heavy atom. The summed E-state index contributed by atoms with van der Waals surface area (Å²) in [5.74, 6) is 2.48. The van der Waals surface area contributed by atoms with Gasteiger partial charge in [-0.05, 0) is 30.5 Å².